The van der Waals surface area contributed by atoms with Crippen LogP contribution in [0.5, 0.6) is 0 Å². The first-order valence-electron chi connectivity index (χ1n) is 7.61. The van der Waals surface area contributed by atoms with Crippen molar-refractivity contribution in [1.29, 1.82) is 0 Å². The molecule has 1 amide bonds. The summed E-state index contributed by atoms with van der Waals surface area (Å²) in [6, 6.07) is 5.38. The Labute approximate surface area is 149 Å². The Kier molecular flexibility index (Phi) is 10.7. The van der Waals surface area contributed by atoms with E-state index in [-0.39, 0.29) is 6.61 Å². The highest BCUT2D eigenvalue weighted by molar-refractivity contribution is 5.97. The summed E-state index contributed by atoms with van der Waals surface area (Å²) in [7, 11) is 0. The number of hydrogen-bond donors (Lipinski definition) is 6. The monoisotopic (exact) mass is 365 g/mol. The molecule has 8 N–H and O–H groups in total. The van der Waals surface area contributed by atoms with Gasteiger partial charge in [0.25, 0.3) is 0 Å². The average Bonchev–Trinajstić information content (AvgIpc) is 2.97. The van der Waals surface area contributed by atoms with Crippen molar-refractivity contribution in [2.75, 3.05) is 13.2 Å². The molecule has 1 heterocycles. The lowest BCUT2D eigenvalue weighted by molar-refractivity contribution is -0.134. The van der Waals surface area contributed by atoms with E-state index in [1.165, 1.54) is 0 Å². The zero-order chi connectivity index (χ0) is 20.1. The fourth-order valence-electron chi connectivity index (χ4n) is 1.84. The number of carbonyl (C=O) groups is 3. The minimum atomic E-state index is -1.26. The van der Waals surface area contributed by atoms with E-state index in [1.54, 1.807) is 19.1 Å². The number of carboxylic acid groups (broad SMARTS) is 2. The largest absolute Gasteiger partial charge is 0.478 e. The molecule has 0 unspecified atom stereocenters. The minimum absolute atomic E-state index is 0.250. The molecule has 0 spiro atoms. The molecule has 1 aromatic carbocycles. The van der Waals surface area contributed by atoms with Crippen molar-refractivity contribution in [3.05, 3.63) is 47.7 Å². The summed E-state index contributed by atoms with van der Waals surface area (Å²) < 4.78 is 0. The number of rotatable bonds is 5. The predicted molar refractivity (Wildman–Crippen MR) is 96.7 cm³/mol. The maximum atomic E-state index is 11.0. The van der Waals surface area contributed by atoms with Crippen LogP contribution in [0, 0.1) is 0 Å². The summed E-state index contributed by atoms with van der Waals surface area (Å²) in [5, 5.41) is 24.2. The van der Waals surface area contributed by atoms with Gasteiger partial charge in [-0.15, -0.1) is 0 Å². The number of fused-ring (bicyclic) bond motifs is 1. The molecule has 2 aromatic rings. The van der Waals surface area contributed by atoms with Gasteiger partial charge in [0.1, 0.15) is 0 Å². The Morgan fingerprint density at radius 3 is 2.12 bits per heavy atom. The molecule has 9 heteroatoms. The fourth-order valence-corrected chi connectivity index (χ4v) is 1.84. The molecule has 0 saturated carbocycles. The Balaban J connectivity index is 0.000000483. The van der Waals surface area contributed by atoms with E-state index >= 15 is 0 Å². The van der Waals surface area contributed by atoms with E-state index < -0.39 is 17.8 Å². The fraction of sp³-hybridized carbons (Fsp3) is 0.235. The lowest BCUT2D eigenvalue weighted by Gasteiger charge is -1.98. The van der Waals surface area contributed by atoms with Crippen molar-refractivity contribution in [3.8, 4) is 0 Å². The maximum Gasteiger partial charge on any atom is 0.328 e. The van der Waals surface area contributed by atoms with Crippen LogP contribution in [-0.2, 0) is 16.0 Å². The summed E-state index contributed by atoms with van der Waals surface area (Å²) >= 11 is 0. The van der Waals surface area contributed by atoms with Crippen molar-refractivity contribution < 1.29 is 29.7 Å². The number of primary amides is 1. The Morgan fingerprint density at radius 1 is 1.15 bits per heavy atom. The molecule has 0 aliphatic rings. The Bertz CT molecular complexity index is 751. The highest BCUT2D eigenvalue weighted by Crippen LogP contribution is 2.19. The van der Waals surface area contributed by atoms with Gasteiger partial charge >= 0.3 is 11.9 Å². The van der Waals surface area contributed by atoms with E-state index in [4.69, 9.17) is 26.8 Å². The van der Waals surface area contributed by atoms with Crippen LogP contribution in [0.25, 0.3) is 10.9 Å². The molecule has 0 saturated heterocycles. The number of H-pyrrole nitrogens is 1. The van der Waals surface area contributed by atoms with E-state index in [2.05, 4.69) is 4.98 Å². The first-order chi connectivity index (χ1) is 12.3. The summed E-state index contributed by atoms with van der Waals surface area (Å²) in [6.45, 7) is 2.52. The van der Waals surface area contributed by atoms with Crippen LogP contribution < -0.4 is 11.5 Å². The van der Waals surface area contributed by atoms with Crippen molar-refractivity contribution in [2.24, 2.45) is 11.5 Å². The number of aromatic nitrogens is 1. The molecule has 0 radical (unpaired) electrons. The lowest BCUT2D eigenvalue weighted by atomic mass is 10.1. The van der Waals surface area contributed by atoms with Crippen LogP contribution in [0.1, 0.15) is 22.8 Å². The molecule has 2 rings (SSSR count). The second-order valence-corrected chi connectivity index (χ2v) is 4.80. The van der Waals surface area contributed by atoms with Crippen molar-refractivity contribution in [2.45, 2.75) is 13.3 Å². The number of aliphatic hydroxyl groups excluding tert-OH is 1. The van der Waals surface area contributed by atoms with E-state index in [0.717, 1.165) is 22.9 Å². The third-order valence-electron chi connectivity index (χ3n) is 2.83. The van der Waals surface area contributed by atoms with E-state index in [0.29, 0.717) is 24.3 Å². The summed E-state index contributed by atoms with van der Waals surface area (Å²) in [6.07, 6.45) is 3.83. The number of aromatic amines is 1. The van der Waals surface area contributed by atoms with Crippen molar-refractivity contribution >= 4 is 28.7 Å². The van der Waals surface area contributed by atoms with Crippen LogP contribution in [0.2, 0.25) is 0 Å². The third kappa shape index (κ3) is 8.62. The van der Waals surface area contributed by atoms with Gasteiger partial charge in [0.15, 0.2) is 0 Å². The van der Waals surface area contributed by atoms with Crippen LogP contribution in [0.4, 0.5) is 0 Å². The quantitative estimate of drug-likeness (QED) is 0.417. The molecule has 0 atom stereocenters. The van der Waals surface area contributed by atoms with E-state index in [1.807, 2.05) is 12.3 Å². The third-order valence-corrected chi connectivity index (χ3v) is 2.83. The summed E-state index contributed by atoms with van der Waals surface area (Å²) in [4.78, 5) is 33.3. The molecule has 0 aliphatic carbocycles. The number of aliphatic carboxylic acids is 2. The zero-order valence-corrected chi connectivity index (χ0v) is 14.3. The molecule has 26 heavy (non-hydrogen) atoms. The molecule has 0 aliphatic heterocycles. The van der Waals surface area contributed by atoms with Gasteiger partial charge in [-0.25, -0.2) is 9.59 Å². The van der Waals surface area contributed by atoms with Crippen molar-refractivity contribution in [1.82, 2.24) is 4.98 Å². The Morgan fingerprint density at radius 2 is 1.69 bits per heavy atom. The number of carboxylic acids is 2. The first kappa shape index (κ1) is 22.8. The molecule has 9 nitrogen and oxygen atoms in total. The number of nitrogens with two attached hydrogens (primary N) is 2. The van der Waals surface area contributed by atoms with Crippen LogP contribution in [-0.4, -0.2) is 51.3 Å². The number of benzene rings is 1. The predicted octanol–water partition coefficient (Wildman–Crippen LogP) is 0.478. The van der Waals surface area contributed by atoms with Gasteiger partial charge in [-0.05, 0) is 43.7 Å². The Hall–Kier alpha value is -3.17. The smallest absolute Gasteiger partial charge is 0.328 e. The summed E-state index contributed by atoms with van der Waals surface area (Å²) in [5.41, 5.74) is 13.4. The molecular weight excluding hydrogens is 342 g/mol. The molecular formula is C17H23N3O6. The van der Waals surface area contributed by atoms with Crippen LogP contribution in [0.15, 0.2) is 36.5 Å². The van der Waals surface area contributed by atoms with Gasteiger partial charge in [0.2, 0.25) is 5.91 Å². The SMILES string of the molecule is CCO.NCCc1c[nH]c2ccc(C(N)=O)cc12.O=C(O)/C=C\C(=O)O. The van der Waals surface area contributed by atoms with Gasteiger partial charge in [0.05, 0.1) is 0 Å². The standard InChI is InChI=1S/C11H13N3O.C4H4O4.C2H6O/c12-4-3-8-6-14-10-2-1-7(11(13)15)5-9(8)10;5-3(6)1-2-4(7)8;1-2-3/h1-2,5-6,14H,3-4,12H2,(H2,13,15);1-2H,(H,5,6)(H,7,8);3H,2H2,1H3/b;2-1-;. The highest BCUT2D eigenvalue weighted by Gasteiger charge is 2.06. The van der Waals surface area contributed by atoms with Gasteiger partial charge in [-0.3, -0.25) is 4.79 Å². The van der Waals surface area contributed by atoms with Crippen LogP contribution >= 0.6 is 0 Å². The number of hydrogen-bond acceptors (Lipinski definition) is 5. The first-order valence-corrected chi connectivity index (χ1v) is 7.61. The molecule has 0 fully saturated rings. The van der Waals surface area contributed by atoms with Gasteiger partial charge in [0, 0.05) is 41.4 Å². The molecule has 142 valence electrons. The van der Waals surface area contributed by atoms with Crippen molar-refractivity contribution in [3.63, 3.8) is 0 Å². The molecule has 1 aromatic heterocycles. The number of amides is 1. The zero-order valence-electron chi connectivity index (χ0n) is 14.3. The second kappa shape index (κ2) is 12.2. The van der Waals surface area contributed by atoms with Gasteiger partial charge in [-0.1, -0.05) is 0 Å². The topological polar surface area (TPSA) is 180 Å². The number of nitrogens with one attached hydrogen (secondary N) is 1. The maximum absolute atomic E-state index is 11.0. The minimum Gasteiger partial charge on any atom is -0.478 e. The molecule has 0 bridgehead atoms. The summed E-state index contributed by atoms with van der Waals surface area (Å²) in [5.74, 6) is -2.92. The second-order valence-electron chi connectivity index (χ2n) is 4.80. The average molecular weight is 365 g/mol. The number of aliphatic hydroxyl groups is 1. The highest BCUT2D eigenvalue weighted by atomic mass is 16.4. The van der Waals surface area contributed by atoms with Gasteiger partial charge in [-0.2, -0.15) is 0 Å². The number of carbonyl (C=O) groups excluding carboxylic acids is 1. The van der Waals surface area contributed by atoms with Gasteiger partial charge < -0.3 is 31.8 Å². The lowest BCUT2D eigenvalue weighted by Crippen LogP contribution is -2.10. The normalized spacial score (nSPS) is 9.81. The van der Waals surface area contributed by atoms with Crippen LogP contribution in [0.3, 0.4) is 0 Å². The van der Waals surface area contributed by atoms with E-state index in [9.17, 15) is 14.4 Å².